The van der Waals surface area contributed by atoms with Crippen molar-refractivity contribution >= 4 is 5.69 Å². The van der Waals surface area contributed by atoms with Gasteiger partial charge in [0, 0.05) is 18.6 Å². The lowest BCUT2D eigenvalue weighted by atomic mass is 9.79. The number of alkyl halides is 4. The van der Waals surface area contributed by atoms with Crippen LogP contribution in [0.15, 0.2) is 24.3 Å². The van der Waals surface area contributed by atoms with Gasteiger partial charge in [0.1, 0.15) is 24.7 Å². The number of non-ortho nitro benzene ring substituents is 1. The average Bonchev–Trinajstić information content (AvgIpc) is 2.37. The number of nitrogens with zero attached hydrogens (tertiary/aromatic N) is 1. The van der Waals surface area contributed by atoms with E-state index in [9.17, 15) is 27.7 Å². The predicted molar refractivity (Wildman–Crippen MR) is 60.0 cm³/mol. The third-order valence-electron chi connectivity index (χ3n) is 3.29. The van der Waals surface area contributed by atoms with E-state index in [4.69, 9.17) is 0 Å². The summed E-state index contributed by atoms with van der Waals surface area (Å²) in [4.78, 5) is 9.87. The van der Waals surface area contributed by atoms with Crippen molar-refractivity contribution in [1.29, 1.82) is 0 Å². The summed E-state index contributed by atoms with van der Waals surface area (Å²) in [6.07, 6.45) is -9.45. The van der Waals surface area contributed by atoms with Crippen LogP contribution in [0.4, 0.5) is 23.2 Å². The molecule has 1 saturated carbocycles. The van der Waals surface area contributed by atoms with Crippen molar-refractivity contribution in [2.24, 2.45) is 0 Å². The van der Waals surface area contributed by atoms with Crippen LogP contribution in [0.5, 0.6) is 0 Å². The first kappa shape index (κ1) is 13.8. The van der Waals surface area contributed by atoms with Gasteiger partial charge in [-0.25, -0.2) is 17.6 Å². The third kappa shape index (κ3) is 2.54. The van der Waals surface area contributed by atoms with E-state index in [1.807, 2.05) is 0 Å². The number of hydrogen-bond donors (Lipinski definition) is 0. The molecule has 0 N–H and O–H groups in total. The molecule has 0 spiro atoms. The van der Waals surface area contributed by atoms with Gasteiger partial charge in [-0.3, -0.25) is 10.1 Å². The molecule has 0 amide bonds. The number of hydrogen-bond acceptors (Lipinski definition) is 2. The van der Waals surface area contributed by atoms with E-state index in [2.05, 4.69) is 0 Å². The summed E-state index contributed by atoms with van der Waals surface area (Å²) in [6.45, 7) is 0. The van der Waals surface area contributed by atoms with Gasteiger partial charge in [-0.1, -0.05) is 12.1 Å². The first-order valence-corrected chi connectivity index (χ1v) is 5.72. The van der Waals surface area contributed by atoms with E-state index in [0.717, 1.165) is 12.1 Å². The Hall–Kier alpha value is -1.66. The number of nitro groups is 1. The molecule has 0 aromatic heterocycles. The molecule has 1 fully saturated rings. The van der Waals surface area contributed by atoms with E-state index in [1.165, 1.54) is 12.1 Å². The highest BCUT2D eigenvalue weighted by Gasteiger charge is 2.47. The molecule has 0 radical (unpaired) electrons. The molecule has 0 heterocycles. The van der Waals surface area contributed by atoms with Gasteiger partial charge >= 0.3 is 0 Å². The molecule has 4 atom stereocenters. The Labute approximate surface area is 106 Å². The molecular formula is C12H11F4NO2. The van der Waals surface area contributed by atoms with Crippen LogP contribution in [-0.4, -0.2) is 29.6 Å². The molecule has 1 aromatic carbocycles. The van der Waals surface area contributed by atoms with Gasteiger partial charge in [0.15, 0.2) is 0 Å². The fourth-order valence-corrected chi connectivity index (χ4v) is 2.31. The minimum Gasteiger partial charge on any atom is -0.258 e. The van der Waals surface area contributed by atoms with Crippen molar-refractivity contribution in [3.8, 4) is 0 Å². The molecule has 0 aliphatic heterocycles. The summed E-state index contributed by atoms with van der Waals surface area (Å²) >= 11 is 0. The average molecular weight is 277 g/mol. The molecular weight excluding hydrogens is 266 g/mol. The third-order valence-corrected chi connectivity index (χ3v) is 3.29. The fraction of sp³-hybridized carbons (Fsp3) is 0.500. The van der Waals surface area contributed by atoms with E-state index < -0.39 is 41.9 Å². The van der Waals surface area contributed by atoms with Gasteiger partial charge in [-0.2, -0.15) is 0 Å². The second-order valence-electron chi connectivity index (χ2n) is 4.53. The maximum absolute atomic E-state index is 13.7. The van der Waals surface area contributed by atoms with Crippen LogP contribution < -0.4 is 0 Å². The smallest absolute Gasteiger partial charge is 0.258 e. The lowest BCUT2D eigenvalue weighted by Crippen LogP contribution is -2.43. The van der Waals surface area contributed by atoms with Gasteiger partial charge in [0.25, 0.3) is 5.69 Å². The number of halogens is 4. The molecule has 104 valence electrons. The largest absolute Gasteiger partial charge is 0.269 e. The van der Waals surface area contributed by atoms with Gasteiger partial charge in [0.2, 0.25) is 0 Å². The highest BCUT2D eigenvalue weighted by Crippen LogP contribution is 2.40. The molecule has 0 bridgehead atoms. The first-order chi connectivity index (χ1) is 8.91. The SMILES string of the molecule is O=[N+]([O-])c1cccc(C2C(F)C(F)CC(F)C2F)c1. The Morgan fingerprint density at radius 1 is 1.11 bits per heavy atom. The summed E-state index contributed by atoms with van der Waals surface area (Å²) < 4.78 is 54.0. The van der Waals surface area contributed by atoms with Gasteiger partial charge in [-0.15, -0.1) is 0 Å². The second-order valence-corrected chi connectivity index (χ2v) is 4.53. The van der Waals surface area contributed by atoms with Gasteiger partial charge in [0.05, 0.1) is 10.8 Å². The van der Waals surface area contributed by atoms with Crippen LogP contribution in [-0.2, 0) is 0 Å². The summed E-state index contributed by atoms with van der Waals surface area (Å²) in [7, 11) is 0. The zero-order valence-corrected chi connectivity index (χ0v) is 9.68. The maximum atomic E-state index is 13.7. The molecule has 4 unspecified atom stereocenters. The number of benzene rings is 1. The number of rotatable bonds is 2. The normalized spacial score (nSPS) is 35.1. The second kappa shape index (κ2) is 5.14. The number of nitro benzene ring substituents is 1. The Balaban J connectivity index is 2.37. The van der Waals surface area contributed by atoms with Gasteiger partial charge in [-0.05, 0) is 5.56 Å². The molecule has 0 saturated heterocycles. The van der Waals surface area contributed by atoms with Crippen molar-refractivity contribution in [3.05, 3.63) is 39.9 Å². The van der Waals surface area contributed by atoms with E-state index in [1.54, 1.807) is 0 Å². The highest BCUT2D eigenvalue weighted by atomic mass is 19.2. The lowest BCUT2D eigenvalue weighted by molar-refractivity contribution is -0.385. The summed E-state index contributed by atoms with van der Waals surface area (Å²) in [6, 6.07) is 4.57. The van der Waals surface area contributed by atoms with Crippen molar-refractivity contribution in [2.45, 2.75) is 37.0 Å². The molecule has 3 nitrogen and oxygen atoms in total. The highest BCUT2D eigenvalue weighted by molar-refractivity contribution is 5.37. The molecule has 1 aliphatic rings. The Bertz CT molecular complexity index is 471. The lowest BCUT2D eigenvalue weighted by Gasteiger charge is -2.34. The zero-order chi connectivity index (χ0) is 14.2. The summed E-state index contributed by atoms with van der Waals surface area (Å²) in [5.41, 5.74) is -0.465. The van der Waals surface area contributed by atoms with Crippen LogP contribution in [0, 0.1) is 10.1 Å². The van der Waals surface area contributed by atoms with Crippen LogP contribution in [0.1, 0.15) is 17.9 Å². The van der Waals surface area contributed by atoms with E-state index in [-0.39, 0.29) is 11.3 Å². The molecule has 2 rings (SSSR count). The minimum absolute atomic E-state index is 0.0980. The van der Waals surface area contributed by atoms with Crippen LogP contribution in [0.3, 0.4) is 0 Å². The standard InChI is InChI=1S/C12H11F4NO2/c13-8-5-9(14)12(16)10(11(8)15)6-2-1-3-7(4-6)17(18)19/h1-4,8-12H,5H2. The fourth-order valence-electron chi connectivity index (χ4n) is 2.31. The molecule has 7 heteroatoms. The van der Waals surface area contributed by atoms with E-state index >= 15 is 0 Å². The maximum Gasteiger partial charge on any atom is 0.269 e. The van der Waals surface area contributed by atoms with E-state index in [0.29, 0.717) is 0 Å². The summed E-state index contributed by atoms with van der Waals surface area (Å²) in [5.74, 6) is -1.65. The quantitative estimate of drug-likeness (QED) is 0.472. The molecule has 1 aromatic rings. The topological polar surface area (TPSA) is 43.1 Å². The zero-order valence-electron chi connectivity index (χ0n) is 9.68. The van der Waals surface area contributed by atoms with Crippen molar-refractivity contribution in [2.75, 3.05) is 0 Å². The Morgan fingerprint density at radius 3 is 2.21 bits per heavy atom. The first-order valence-electron chi connectivity index (χ1n) is 5.72. The van der Waals surface area contributed by atoms with Crippen LogP contribution >= 0.6 is 0 Å². The van der Waals surface area contributed by atoms with Crippen LogP contribution in [0.25, 0.3) is 0 Å². The Morgan fingerprint density at radius 2 is 1.68 bits per heavy atom. The van der Waals surface area contributed by atoms with Crippen molar-refractivity contribution in [1.82, 2.24) is 0 Å². The molecule has 19 heavy (non-hydrogen) atoms. The summed E-state index contributed by atoms with van der Waals surface area (Å²) in [5, 5.41) is 10.6. The van der Waals surface area contributed by atoms with Gasteiger partial charge < -0.3 is 0 Å². The predicted octanol–water partition coefficient (Wildman–Crippen LogP) is 3.43. The van der Waals surface area contributed by atoms with Crippen LogP contribution in [0.2, 0.25) is 0 Å². The minimum atomic E-state index is -2.20. The van der Waals surface area contributed by atoms with Crippen molar-refractivity contribution < 1.29 is 22.5 Å². The Kier molecular flexibility index (Phi) is 3.73. The van der Waals surface area contributed by atoms with Crippen molar-refractivity contribution in [3.63, 3.8) is 0 Å². The molecule has 1 aliphatic carbocycles. The monoisotopic (exact) mass is 277 g/mol.